The maximum atomic E-state index is 9.61. The summed E-state index contributed by atoms with van der Waals surface area (Å²) >= 11 is 11.7. The van der Waals surface area contributed by atoms with E-state index in [0.717, 1.165) is 5.56 Å². The van der Waals surface area contributed by atoms with E-state index in [1.807, 2.05) is 6.92 Å². The highest BCUT2D eigenvalue weighted by Crippen LogP contribution is 2.31. The molecule has 0 aliphatic heterocycles. The number of benzene rings is 2. The number of phenolic OH excluding ortho intramolecular Hbond substituents is 1. The molecule has 0 bridgehead atoms. The van der Waals surface area contributed by atoms with Gasteiger partial charge in [0.1, 0.15) is 11.4 Å². The van der Waals surface area contributed by atoms with Gasteiger partial charge in [0.2, 0.25) is 0 Å². The molecule has 0 fully saturated rings. The summed E-state index contributed by atoms with van der Waals surface area (Å²) in [6, 6.07) is 10.1. The van der Waals surface area contributed by atoms with Gasteiger partial charge in [-0.1, -0.05) is 29.3 Å². The van der Waals surface area contributed by atoms with Crippen LogP contribution in [0.15, 0.2) is 46.6 Å². The molecule has 2 aromatic carbocycles. The Morgan fingerprint density at radius 3 is 2.44 bits per heavy atom. The lowest BCUT2D eigenvalue weighted by Crippen LogP contribution is -1.72. The van der Waals surface area contributed by atoms with E-state index in [1.54, 1.807) is 36.4 Å². The largest absolute Gasteiger partial charge is 0.506 e. The Balaban J connectivity index is 2.29. The molecule has 0 unspecified atom stereocenters. The normalized spacial score (nSPS) is 11.1. The van der Waals surface area contributed by atoms with Crippen molar-refractivity contribution in [3.05, 3.63) is 52.0 Å². The molecule has 2 rings (SSSR count). The van der Waals surface area contributed by atoms with E-state index in [-0.39, 0.29) is 5.75 Å². The van der Waals surface area contributed by atoms with Crippen LogP contribution in [0.25, 0.3) is 0 Å². The fraction of sp³-hybridized carbons (Fsp3) is 0.0769. The number of azo groups is 1. The van der Waals surface area contributed by atoms with E-state index in [9.17, 15) is 5.11 Å². The molecule has 18 heavy (non-hydrogen) atoms. The Labute approximate surface area is 115 Å². The van der Waals surface area contributed by atoms with Gasteiger partial charge in [-0.3, -0.25) is 0 Å². The van der Waals surface area contributed by atoms with E-state index in [1.165, 1.54) is 0 Å². The summed E-state index contributed by atoms with van der Waals surface area (Å²) in [5.74, 6) is 0.0874. The molecule has 0 spiro atoms. The van der Waals surface area contributed by atoms with Crippen molar-refractivity contribution in [1.29, 1.82) is 0 Å². The monoisotopic (exact) mass is 280 g/mol. The molecule has 0 atom stereocenters. The predicted molar refractivity (Wildman–Crippen MR) is 73.5 cm³/mol. The highest BCUT2D eigenvalue weighted by Gasteiger charge is 2.01. The van der Waals surface area contributed by atoms with Crippen LogP contribution in [-0.2, 0) is 0 Å². The molecule has 0 radical (unpaired) electrons. The van der Waals surface area contributed by atoms with Crippen LogP contribution in [0.4, 0.5) is 11.4 Å². The smallest absolute Gasteiger partial charge is 0.143 e. The molecule has 2 aromatic rings. The van der Waals surface area contributed by atoms with Gasteiger partial charge in [0.15, 0.2) is 0 Å². The fourth-order valence-electron chi connectivity index (χ4n) is 1.37. The van der Waals surface area contributed by atoms with Crippen molar-refractivity contribution in [2.45, 2.75) is 6.92 Å². The second-order valence-electron chi connectivity index (χ2n) is 3.79. The maximum absolute atomic E-state index is 9.61. The van der Waals surface area contributed by atoms with Crippen LogP contribution in [-0.4, -0.2) is 5.11 Å². The zero-order chi connectivity index (χ0) is 13.1. The first-order valence-corrected chi connectivity index (χ1v) is 5.98. The molecule has 5 heteroatoms. The van der Waals surface area contributed by atoms with Crippen LogP contribution >= 0.6 is 23.2 Å². The van der Waals surface area contributed by atoms with Crippen LogP contribution in [0.5, 0.6) is 5.75 Å². The molecule has 3 nitrogen and oxygen atoms in total. The van der Waals surface area contributed by atoms with Gasteiger partial charge in [-0.25, -0.2) is 0 Å². The van der Waals surface area contributed by atoms with E-state index in [2.05, 4.69) is 10.2 Å². The van der Waals surface area contributed by atoms with Gasteiger partial charge >= 0.3 is 0 Å². The van der Waals surface area contributed by atoms with Crippen molar-refractivity contribution in [1.82, 2.24) is 0 Å². The summed E-state index contributed by atoms with van der Waals surface area (Å²) in [5, 5.41) is 18.5. The third-order valence-electron chi connectivity index (χ3n) is 2.31. The first-order chi connectivity index (χ1) is 8.56. The Morgan fingerprint density at radius 2 is 1.72 bits per heavy atom. The molecule has 0 saturated carbocycles. The number of hydrogen-bond donors (Lipinski definition) is 1. The van der Waals surface area contributed by atoms with Crippen molar-refractivity contribution >= 4 is 34.6 Å². The van der Waals surface area contributed by atoms with Gasteiger partial charge < -0.3 is 5.11 Å². The van der Waals surface area contributed by atoms with Crippen molar-refractivity contribution < 1.29 is 5.11 Å². The Hall–Kier alpha value is -1.58. The average Bonchev–Trinajstić information content (AvgIpc) is 2.34. The third kappa shape index (κ3) is 3.00. The number of rotatable bonds is 2. The number of halogens is 2. The number of aromatic hydroxyl groups is 1. The first kappa shape index (κ1) is 12.9. The maximum Gasteiger partial charge on any atom is 0.143 e. The van der Waals surface area contributed by atoms with E-state index >= 15 is 0 Å². The van der Waals surface area contributed by atoms with Crippen LogP contribution in [0.2, 0.25) is 10.0 Å². The lowest BCUT2D eigenvalue weighted by molar-refractivity contribution is 0.476. The molecule has 92 valence electrons. The average molecular weight is 281 g/mol. The number of phenols is 1. The topological polar surface area (TPSA) is 45.0 Å². The number of hydrogen-bond acceptors (Lipinski definition) is 3. The van der Waals surface area contributed by atoms with Gasteiger partial charge in [-0.05, 0) is 42.8 Å². The summed E-state index contributed by atoms with van der Waals surface area (Å²) < 4.78 is 0. The minimum atomic E-state index is 0.0874. The Morgan fingerprint density at radius 1 is 0.944 bits per heavy atom. The zero-order valence-corrected chi connectivity index (χ0v) is 11.1. The lowest BCUT2D eigenvalue weighted by atomic mass is 10.2. The highest BCUT2D eigenvalue weighted by molar-refractivity contribution is 6.42. The molecule has 0 saturated heterocycles. The minimum absolute atomic E-state index is 0.0874. The van der Waals surface area contributed by atoms with Crippen LogP contribution < -0.4 is 0 Å². The predicted octanol–water partition coefficient (Wildman–Crippen LogP) is 5.42. The van der Waals surface area contributed by atoms with Gasteiger partial charge in [0.25, 0.3) is 0 Å². The van der Waals surface area contributed by atoms with Gasteiger partial charge in [-0.15, -0.1) is 5.11 Å². The van der Waals surface area contributed by atoms with Gasteiger partial charge in [0, 0.05) is 0 Å². The van der Waals surface area contributed by atoms with Gasteiger partial charge in [0.05, 0.1) is 15.7 Å². The molecule has 0 aliphatic carbocycles. The standard InChI is InChI=1S/C13H10Cl2N2O/c1-8-2-5-13(18)12(6-8)17-16-9-3-4-10(14)11(15)7-9/h2-7,18H,1H3. The summed E-state index contributed by atoms with van der Waals surface area (Å²) in [7, 11) is 0. The SMILES string of the molecule is Cc1ccc(O)c(N=Nc2ccc(Cl)c(Cl)c2)c1. The zero-order valence-electron chi connectivity index (χ0n) is 9.56. The molecule has 0 aliphatic rings. The summed E-state index contributed by atoms with van der Waals surface area (Å²) in [6.45, 7) is 1.91. The molecular weight excluding hydrogens is 271 g/mol. The molecule has 0 heterocycles. The Kier molecular flexibility index (Phi) is 3.84. The van der Waals surface area contributed by atoms with Crippen molar-refractivity contribution in [3.8, 4) is 5.75 Å². The molecule has 1 N–H and O–H groups in total. The molecule has 0 amide bonds. The summed E-state index contributed by atoms with van der Waals surface area (Å²) in [5.41, 5.74) is 1.99. The van der Waals surface area contributed by atoms with Crippen molar-refractivity contribution in [3.63, 3.8) is 0 Å². The first-order valence-electron chi connectivity index (χ1n) is 5.22. The molecule has 0 aromatic heterocycles. The summed E-state index contributed by atoms with van der Waals surface area (Å²) in [6.07, 6.45) is 0. The minimum Gasteiger partial charge on any atom is -0.506 e. The van der Waals surface area contributed by atoms with Crippen LogP contribution in [0.1, 0.15) is 5.56 Å². The highest BCUT2D eigenvalue weighted by atomic mass is 35.5. The van der Waals surface area contributed by atoms with Crippen LogP contribution in [0.3, 0.4) is 0 Å². The van der Waals surface area contributed by atoms with Gasteiger partial charge in [-0.2, -0.15) is 5.11 Å². The van der Waals surface area contributed by atoms with Crippen molar-refractivity contribution in [2.75, 3.05) is 0 Å². The quantitative estimate of drug-likeness (QED) is 0.733. The second-order valence-corrected chi connectivity index (χ2v) is 4.60. The van der Waals surface area contributed by atoms with E-state index in [0.29, 0.717) is 21.4 Å². The second kappa shape index (κ2) is 5.38. The number of nitrogens with zero attached hydrogens (tertiary/aromatic N) is 2. The third-order valence-corrected chi connectivity index (χ3v) is 3.05. The lowest BCUT2D eigenvalue weighted by Gasteiger charge is -1.99. The van der Waals surface area contributed by atoms with E-state index in [4.69, 9.17) is 23.2 Å². The van der Waals surface area contributed by atoms with Crippen LogP contribution in [0, 0.1) is 6.92 Å². The Bertz CT molecular complexity index is 612. The fourth-order valence-corrected chi connectivity index (χ4v) is 1.66. The summed E-state index contributed by atoms with van der Waals surface area (Å²) in [4.78, 5) is 0. The molecular formula is C13H10Cl2N2O. The number of aryl methyl sites for hydroxylation is 1. The van der Waals surface area contributed by atoms with Crippen molar-refractivity contribution in [2.24, 2.45) is 10.2 Å². The van der Waals surface area contributed by atoms with E-state index < -0.39 is 0 Å².